The molecule has 0 aromatic heterocycles. The molecule has 0 spiro atoms. The highest BCUT2D eigenvalue weighted by Crippen LogP contribution is 2.35. The Labute approximate surface area is 165 Å². The first-order chi connectivity index (χ1) is 12.1. The largest absolute Gasteiger partial charge is 0.399 e. The van der Waals surface area contributed by atoms with Gasteiger partial charge in [0, 0.05) is 35.9 Å². The van der Waals surface area contributed by atoms with Crippen molar-refractivity contribution in [2.45, 2.75) is 24.7 Å². The van der Waals surface area contributed by atoms with Crippen LogP contribution in [0.5, 0.6) is 0 Å². The maximum absolute atomic E-state index is 12.4. The van der Waals surface area contributed by atoms with Crippen LogP contribution in [0.4, 0.5) is 5.69 Å². The molecular weight excluding hydrogens is 371 g/mol. The summed E-state index contributed by atoms with van der Waals surface area (Å²) in [4.78, 5) is 12.4. The first-order valence-electron chi connectivity index (χ1n) is 8.52. The molecule has 1 amide bonds. The zero-order chi connectivity index (χ0) is 17.7. The van der Waals surface area contributed by atoms with Gasteiger partial charge < -0.3 is 15.8 Å². The van der Waals surface area contributed by atoms with Gasteiger partial charge in [0.1, 0.15) is 0 Å². The van der Waals surface area contributed by atoms with E-state index in [1.54, 1.807) is 0 Å². The Balaban J connectivity index is 0.00000243. The number of nitrogen functional groups attached to an aromatic ring is 1. The van der Waals surface area contributed by atoms with E-state index >= 15 is 0 Å². The Kier molecular flexibility index (Phi) is 7.33. The van der Waals surface area contributed by atoms with Gasteiger partial charge in [0.05, 0.1) is 6.42 Å². The summed E-state index contributed by atoms with van der Waals surface area (Å²) in [5, 5.41) is 3.82. The first kappa shape index (κ1) is 20.6. The van der Waals surface area contributed by atoms with Gasteiger partial charge in [0.15, 0.2) is 0 Å². The maximum Gasteiger partial charge on any atom is 0.224 e. The normalized spacial score (nSPS) is 15.7. The van der Waals surface area contributed by atoms with Crippen LogP contribution in [0.15, 0.2) is 48.5 Å². The van der Waals surface area contributed by atoms with E-state index in [-0.39, 0.29) is 23.7 Å². The summed E-state index contributed by atoms with van der Waals surface area (Å²) in [6, 6.07) is 15.3. The number of halogens is 2. The van der Waals surface area contributed by atoms with E-state index in [4.69, 9.17) is 22.1 Å². The van der Waals surface area contributed by atoms with E-state index in [9.17, 15) is 4.79 Å². The average Bonchev–Trinajstić information content (AvgIpc) is 2.63. The minimum atomic E-state index is -0.125. The second kappa shape index (κ2) is 9.26. The van der Waals surface area contributed by atoms with Crippen molar-refractivity contribution in [3.05, 3.63) is 64.7 Å². The number of hydrogen-bond donors (Lipinski definition) is 2. The quantitative estimate of drug-likeness (QED) is 0.758. The predicted molar refractivity (Wildman–Crippen MR) is 108 cm³/mol. The molecule has 1 fully saturated rings. The standard InChI is InChI=1S/C20H23ClN2O2.ClH/c21-17-3-1-2-16(13-17)20(8-10-25-11-9-20)14-23-19(24)12-15-4-6-18(22)7-5-15;/h1-7,13H,8-12,14,22H2,(H,23,24);1H. The molecule has 3 rings (SSSR count). The van der Waals surface area contributed by atoms with Crippen LogP contribution < -0.4 is 11.1 Å². The molecule has 0 unspecified atom stereocenters. The summed E-state index contributed by atoms with van der Waals surface area (Å²) in [7, 11) is 0. The van der Waals surface area contributed by atoms with Crippen molar-refractivity contribution in [3.63, 3.8) is 0 Å². The Morgan fingerprint density at radius 3 is 2.50 bits per heavy atom. The van der Waals surface area contributed by atoms with E-state index in [0.717, 1.165) is 29.0 Å². The van der Waals surface area contributed by atoms with Gasteiger partial charge in [-0.2, -0.15) is 0 Å². The third-order valence-electron chi connectivity index (χ3n) is 4.86. The van der Waals surface area contributed by atoms with Crippen molar-refractivity contribution in [1.29, 1.82) is 0 Å². The molecule has 0 aliphatic carbocycles. The minimum absolute atomic E-state index is 0. The fraction of sp³-hybridized carbons (Fsp3) is 0.350. The van der Waals surface area contributed by atoms with E-state index in [2.05, 4.69) is 11.4 Å². The highest BCUT2D eigenvalue weighted by atomic mass is 35.5. The lowest BCUT2D eigenvalue weighted by Crippen LogP contribution is -2.45. The molecule has 0 bridgehead atoms. The number of anilines is 1. The predicted octanol–water partition coefficient (Wildman–Crippen LogP) is 3.75. The molecule has 3 N–H and O–H groups in total. The molecule has 6 heteroatoms. The maximum atomic E-state index is 12.4. The lowest BCUT2D eigenvalue weighted by Gasteiger charge is -2.38. The summed E-state index contributed by atoms with van der Waals surface area (Å²) in [5.41, 5.74) is 8.38. The molecule has 1 aliphatic rings. The molecule has 1 heterocycles. The zero-order valence-electron chi connectivity index (χ0n) is 14.5. The number of hydrogen-bond acceptors (Lipinski definition) is 3. The molecule has 2 aromatic carbocycles. The Morgan fingerprint density at radius 1 is 1.15 bits per heavy atom. The lowest BCUT2D eigenvalue weighted by molar-refractivity contribution is -0.120. The highest BCUT2D eigenvalue weighted by molar-refractivity contribution is 6.30. The summed E-state index contributed by atoms with van der Waals surface area (Å²) in [5.74, 6) is 0.0117. The molecule has 0 radical (unpaired) electrons. The molecule has 1 aliphatic heterocycles. The van der Waals surface area contributed by atoms with Crippen molar-refractivity contribution in [2.24, 2.45) is 0 Å². The molecule has 1 saturated heterocycles. The van der Waals surface area contributed by atoms with Crippen LogP contribution in [0.2, 0.25) is 5.02 Å². The van der Waals surface area contributed by atoms with Gasteiger partial charge in [-0.25, -0.2) is 0 Å². The number of nitrogens with one attached hydrogen (secondary N) is 1. The summed E-state index contributed by atoms with van der Waals surface area (Å²) < 4.78 is 5.53. The SMILES string of the molecule is Cl.Nc1ccc(CC(=O)NCC2(c3cccc(Cl)c3)CCOCC2)cc1. The van der Waals surface area contributed by atoms with Crippen molar-refractivity contribution in [1.82, 2.24) is 5.32 Å². The van der Waals surface area contributed by atoms with Gasteiger partial charge >= 0.3 is 0 Å². The fourth-order valence-electron chi connectivity index (χ4n) is 3.30. The summed E-state index contributed by atoms with van der Waals surface area (Å²) >= 11 is 6.18. The van der Waals surface area contributed by atoms with E-state index in [1.807, 2.05) is 42.5 Å². The van der Waals surface area contributed by atoms with Gasteiger partial charge in [0.25, 0.3) is 0 Å². The van der Waals surface area contributed by atoms with Gasteiger partial charge in [-0.3, -0.25) is 4.79 Å². The minimum Gasteiger partial charge on any atom is -0.399 e. The number of amides is 1. The number of ether oxygens (including phenoxy) is 1. The van der Waals surface area contributed by atoms with Gasteiger partial charge in [0.2, 0.25) is 5.91 Å². The number of carbonyl (C=O) groups is 1. The Bertz CT molecular complexity index is 729. The number of carbonyl (C=O) groups excluding carboxylic acids is 1. The summed E-state index contributed by atoms with van der Waals surface area (Å²) in [6.07, 6.45) is 2.09. The molecule has 0 atom stereocenters. The van der Waals surface area contributed by atoms with Gasteiger partial charge in [-0.15, -0.1) is 12.4 Å². The van der Waals surface area contributed by atoms with Crippen LogP contribution in [-0.2, 0) is 21.4 Å². The van der Waals surface area contributed by atoms with Crippen molar-refractivity contribution in [3.8, 4) is 0 Å². The second-order valence-corrected chi connectivity index (χ2v) is 7.03. The van der Waals surface area contributed by atoms with E-state index in [0.29, 0.717) is 31.9 Å². The molecule has 4 nitrogen and oxygen atoms in total. The second-order valence-electron chi connectivity index (χ2n) is 6.60. The topological polar surface area (TPSA) is 64.4 Å². The third kappa shape index (κ3) is 5.13. The zero-order valence-corrected chi connectivity index (χ0v) is 16.1. The smallest absolute Gasteiger partial charge is 0.224 e. The Morgan fingerprint density at radius 2 is 1.85 bits per heavy atom. The van der Waals surface area contributed by atoms with Crippen LogP contribution in [0, 0.1) is 0 Å². The highest BCUT2D eigenvalue weighted by Gasteiger charge is 2.35. The van der Waals surface area contributed by atoms with Crippen molar-refractivity contribution >= 4 is 35.6 Å². The van der Waals surface area contributed by atoms with Crippen molar-refractivity contribution in [2.75, 3.05) is 25.5 Å². The third-order valence-corrected chi connectivity index (χ3v) is 5.09. The van der Waals surface area contributed by atoms with Crippen LogP contribution in [-0.4, -0.2) is 25.7 Å². The Hall–Kier alpha value is -1.75. The van der Waals surface area contributed by atoms with E-state index in [1.165, 1.54) is 0 Å². The van der Waals surface area contributed by atoms with Crippen LogP contribution >= 0.6 is 24.0 Å². The van der Waals surface area contributed by atoms with Gasteiger partial charge in [-0.1, -0.05) is 35.9 Å². The van der Waals surface area contributed by atoms with Crippen LogP contribution in [0.1, 0.15) is 24.0 Å². The van der Waals surface area contributed by atoms with Gasteiger partial charge in [-0.05, 0) is 48.2 Å². The van der Waals surface area contributed by atoms with Crippen molar-refractivity contribution < 1.29 is 9.53 Å². The van der Waals surface area contributed by atoms with Crippen LogP contribution in [0.25, 0.3) is 0 Å². The molecular formula is C20H24Cl2N2O2. The molecule has 0 saturated carbocycles. The molecule has 26 heavy (non-hydrogen) atoms. The average molecular weight is 395 g/mol. The first-order valence-corrected chi connectivity index (χ1v) is 8.90. The molecule has 2 aromatic rings. The summed E-state index contributed by atoms with van der Waals surface area (Å²) in [6.45, 7) is 1.98. The number of nitrogens with two attached hydrogens (primary N) is 1. The number of benzene rings is 2. The lowest BCUT2D eigenvalue weighted by atomic mass is 9.74. The number of rotatable bonds is 5. The fourth-order valence-corrected chi connectivity index (χ4v) is 3.49. The monoisotopic (exact) mass is 394 g/mol. The van der Waals surface area contributed by atoms with E-state index < -0.39 is 0 Å². The van der Waals surface area contributed by atoms with Crippen LogP contribution in [0.3, 0.4) is 0 Å². The molecule has 140 valence electrons.